The SMILES string of the molecule is Cc1oc2ccccc2c1CN[C@H](C)c1ccccn1. The van der Waals surface area contributed by atoms with Crippen LogP contribution in [0, 0.1) is 6.92 Å². The Kier molecular flexibility index (Phi) is 3.52. The summed E-state index contributed by atoms with van der Waals surface area (Å²) in [7, 11) is 0. The van der Waals surface area contributed by atoms with Gasteiger partial charge in [0.15, 0.2) is 0 Å². The molecule has 0 aliphatic carbocycles. The van der Waals surface area contributed by atoms with Crippen molar-refractivity contribution >= 4 is 11.0 Å². The van der Waals surface area contributed by atoms with E-state index in [9.17, 15) is 0 Å². The number of nitrogens with zero attached hydrogens (tertiary/aromatic N) is 1. The van der Waals surface area contributed by atoms with E-state index in [1.54, 1.807) is 0 Å². The van der Waals surface area contributed by atoms with Crippen molar-refractivity contribution in [3.63, 3.8) is 0 Å². The Bertz CT molecular complexity index is 703. The van der Waals surface area contributed by atoms with Crippen LogP contribution >= 0.6 is 0 Å². The molecule has 0 bridgehead atoms. The third kappa shape index (κ3) is 2.45. The molecule has 0 aliphatic rings. The van der Waals surface area contributed by atoms with Crippen LogP contribution in [0.2, 0.25) is 0 Å². The van der Waals surface area contributed by atoms with E-state index < -0.39 is 0 Å². The second-order valence-corrected chi connectivity index (χ2v) is 4.99. The molecule has 0 radical (unpaired) electrons. The molecule has 3 heteroatoms. The van der Waals surface area contributed by atoms with Crippen LogP contribution in [-0.4, -0.2) is 4.98 Å². The maximum Gasteiger partial charge on any atom is 0.134 e. The lowest BCUT2D eigenvalue weighted by Crippen LogP contribution is -2.19. The molecule has 1 N–H and O–H groups in total. The molecule has 102 valence electrons. The predicted octanol–water partition coefficient (Wildman–Crippen LogP) is 3.99. The Hall–Kier alpha value is -2.13. The lowest BCUT2D eigenvalue weighted by molar-refractivity contribution is 0.538. The fraction of sp³-hybridized carbons (Fsp3) is 0.235. The van der Waals surface area contributed by atoms with Gasteiger partial charge in [-0.2, -0.15) is 0 Å². The predicted molar refractivity (Wildman–Crippen MR) is 80.4 cm³/mol. The molecule has 0 fully saturated rings. The average molecular weight is 266 g/mol. The quantitative estimate of drug-likeness (QED) is 0.776. The molecule has 0 saturated carbocycles. The number of nitrogens with one attached hydrogen (secondary N) is 1. The van der Waals surface area contributed by atoms with Gasteiger partial charge in [-0.25, -0.2) is 0 Å². The van der Waals surface area contributed by atoms with Crippen LogP contribution in [0.25, 0.3) is 11.0 Å². The molecule has 0 amide bonds. The van der Waals surface area contributed by atoms with Crippen LogP contribution in [0.5, 0.6) is 0 Å². The van der Waals surface area contributed by atoms with Crippen molar-refractivity contribution in [2.45, 2.75) is 26.4 Å². The zero-order valence-electron chi connectivity index (χ0n) is 11.8. The standard InChI is InChI=1S/C17H18N2O/c1-12(16-8-5-6-10-18-16)19-11-15-13(2)20-17-9-4-3-7-14(15)17/h3-10,12,19H,11H2,1-2H3/t12-/m1/s1. The Morgan fingerprint density at radius 1 is 1.15 bits per heavy atom. The number of furan rings is 1. The zero-order chi connectivity index (χ0) is 13.9. The summed E-state index contributed by atoms with van der Waals surface area (Å²) in [5, 5.41) is 4.70. The molecule has 3 aromatic rings. The van der Waals surface area contributed by atoms with E-state index >= 15 is 0 Å². The van der Waals surface area contributed by atoms with E-state index in [0.717, 1.165) is 23.6 Å². The van der Waals surface area contributed by atoms with E-state index in [4.69, 9.17) is 4.42 Å². The van der Waals surface area contributed by atoms with Gasteiger partial charge in [0.25, 0.3) is 0 Å². The first-order valence-electron chi connectivity index (χ1n) is 6.87. The molecule has 2 heterocycles. The van der Waals surface area contributed by atoms with Crippen LogP contribution in [0.1, 0.15) is 30.0 Å². The zero-order valence-corrected chi connectivity index (χ0v) is 11.8. The van der Waals surface area contributed by atoms with Crippen LogP contribution in [-0.2, 0) is 6.54 Å². The normalized spacial score (nSPS) is 12.7. The van der Waals surface area contributed by atoms with Crippen molar-refractivity contribution in [1.82, 2.24) is 10.3 Å². The van der Waals surface area contributed by atoms with Gasteiger partial charge in [-0.05, 0) is 32.0 Å². The van der Waals surface area contributed by atoms with Crippen LogP contribution < -0.4 is 5.32 Å². The number of pyridine rings is 1. The largest absolute Gasteiger partial charge is 0.461 e. The fourth-order valence-corrected chi connectivity index (χ4v) is 2.43. The summed E-state index contributed by atoms with van der Waals surface area (Å²) >= 11 is 0. The van der Waals surface area contributed by atoms with Crippen molar-refractivity contribution in [2.24, 2.45) is 0 Å². The molecule has 20 heavy (non-hydrogen) atoms. The molecule has 0 saturated heterocycles. The van der Waals surface area contributed by atoms with Crippen molar-refractivity contribution in [1.29, 1.82) is 0 Å². The molecule has 2 aromatic heterocycles. The maximum atomic E-state index is 5.78. The molecule has 1 atom stereocenters. The van der Waals surface area contributed by atoms with Gasteiger partial charge in [-0.3, -0.25) is 4.98 Å². The average Bonchev–Trinajstić information content (AvgIpc) is 2.81. The van der Waals surface area contributed by atoms with E-state index in [1.165, 1.54) is 10.9 Å². The summed E-state index contributed by atoms with van der Waals surface area (Å²) in [6.45, 7) is 4.92. The number of hydrogen-bond acceptors (Lipinski definition) is 3. The minimum atomic E-state index is 0.212. The van der Waals surface area contributed by atoms with Gasteiger partial charge in [-0.1, -0.05) is 24.3 Å². The van der Waals surface area contributed by atoms with Crippen molar-refractivity contribution < 1.29 is 4.42 Å². The molecule has 1 aromatic carbocycles. The minimum Gasteiger partial charge on any atom is -0.461 e. The smallest absolute Gasteiger partial charge is 0.134 e. The van der Waals surface area contributed by atoms with Crippen LogP contribution in [0.4, 0.5) is 0 Å². The maximum absolute atomic E-state index is 5.78. The number of hydrogen-bond donors (Lipinski definition) is 1. The summed E-state index contributed by atoms with van der Waals surface area (Å²) in [6.07, 6.45) is 1.83. The Morgan fingerprint density at radius 3 is 2.75 bits per heavy atom. The molecular weight excluding hydrogens is 248 g/mol. The molecular formula is C17H18N2O. The lowest BCUT2D eigenvalue weighted by Gasteiger charge is -2.12. The van der Waals surface area contributed by atoms with Crippen molar-refractivity contribution in [3.05, 3.63) is 65.7 Å². The Labute approximate surface area is 118 Å². The van der Waals surface area contributed by atoms with Gasteiger partial charge in [0.05, 0.1) is 5.69 Å². The van der Waals surface area contributed by atoms with Gasteiger partial charge in [0.1, 0.15) is 11.3 Å². The summed E-state index contributed by atoms with van der Waals surface area (Å²) in [5.41, 5.74) is 3.23. The van der Waals surface area contributed by atoms with Gasteiger partial charge in [0, 0.05) is 29.7 Å². The second-order valence-electron chi connectivity index (χ2n) is 4.99. The van der Waals surface area contributed by atoms with E-state index in [2.05, 4.69) is 23.3 Å². The Morgan fingerprint density at radius 2 is 1.95 bits per heavy atom. The Balaban J connectivity index is 1.79. The fourth-order valence-electron chi connectivity index (χ4n) is 2.43. The number of rotatable bonds is 4. The summed E-state index contributed by atoms with van der Waals surface area (Å²) in [5.74, 6) is 0.979. The van der Waals surface area contributed by atoms with Crippen molar-refractivity contribution in [2.75, 3.05) is 0 Å². The first kappa shape index (κ1) is 12.9. The van der Waals surface area contributed by atoms with E-state index in [1.807, 2.05) is 49.5 Å². The third-order valence-corrected chi connectivity index (χ3v) is 3.62. The lowest BCUT2D eigenvalue weighted by atomic mass is 10.1. The first-order valence-corrected chi connectivity index (χ1v) is 6.87. The topological polar surface area (TPSA) is 38.1 Å². The highest BCUT2D eigenvalue weighted by Crippen LogP contribution is 2.25. The van der Waals surface area contributed by atoms with E-state index in [0.29, 0.717) is 0 Å². The second kappa shape index (κ2) is 5.47. The first-order chi connectivity index (χ1) is 9.75. The number of para-hydroxylation sites is 1. The number of aromatic nitrogens is 1. The minimum absolute atomic E-state index is 0.212. The van der Waals surface area contributed by atoms with Crippen LogP contribution in [0.3, 0.4) is 0 Å². The highest BCUT2D eigenvalue weighted by atomic mass is 16.3. The number of fused-ring (bicyclic) bond motifs is 1. The summed E-state index contributed by atoms with van der Waals surface area (Å²) in [6, 6.07) is 14.4. The third-order valence-electron chi connectivity index (χ3n) is 3.62. The molecule has 3 rings (SSSR count). The molecule has 0 unspecified atom stereocenters. The van der Waals surface area contributed by atoms with Gasteiger partial charge in [-0.15, -0.1) is 0 Å². The van der Waals surface area contributed by atoms with Gasteiger partial charge < -0.3 is 9.73 Å². The summed E-state index contributed by atoms with van der Waals surface area (Å²) in [4.78, 5) is 4.38. The van der Waals surface area contributed by atoms with Gasteiger partial charge in [0.2, 0.25) is 0 Å². The molecule has 0 aliphatic heterocycles. The highest BCUT2D eigenvalue weighted by molar-refractivity contribution is 5.82. The van der Waals surface area contributed by atoms with Gasteiger partial charge >= 0.3 is 0 Å². The molecule has 3 nitrogen and oxygen atoms in total. The van der Waals surface area contributed by atoms with E-state index in [-0.39, 0.29) is 6.04 Å². The van der Waals surface area contributed by atoms with Crippen molar-refractivity contribution in [3.8, 4) is 0 Å². The monoisotopic (exact) mass is 266 g/mol. The summed E-state index contributed by atoms with van der Waals surface area (Å²) < 4.78 is 5.78. The van der Waals surface area contributed by atoms with Crippen LogP contribution in [0.15, 0.2) is 53.1 Å². The molecule has 0 spiro atoms. The number of benzene rings is 1. The highest BCUT2D eigenvalue weighted by Gasteiger charge is 2.12. The number of aryl methyl sites for hydroxylation is 1.